The summed E-state index contributed by atoms with van der Waals surface area (Å²) in [5.74, 6) is 0.937. The van der Waals surface area contributed by atoms with E-state index < -0.39 is 0 Å². The number of carbonyl (C=O) groups is 1. The Bertz CT molecular complexity index is 1590. The van der Waals surface area contributed by atoms with Gasteiger partial charge in [-0.2, -0.15) is 5.10 Å². The third kappa shape index (κ3) is 4.98. The van der Waals surface area contributed by atoms with Gasteiger partial charge >= 0.3 is 0 Å². The molecule has 0 aliphatic heterocycles. The van der Waals surface area contributed by atoms with E-state index >= 15 is 0 Å². The lowest BCUT2D eigenvalue weighted by Crippen LogP contribution is -2.16. The van der Waals surface area contributed by atoms with Gasteiger partial charge in [0.25, 0.3) is 5.91 Å². The third-order valence-corrected chi connectivity index (χ3v) is 6.60. The van der Waals surface area contributed by atoms with Crippen LogP contribution >= 0.6 is 0 Å². The summed E-state index contributed by atoms with van der Waals surface area (Å²) in [6.45, 7) is 10.5. The number of nitrogens with zero attached hydrogens (tertiary/aromatic N) is 3. The van der Waals surface area contributed by atoms with Crippen molar-refractivity contribution in [3.05, 3.63) is 106 Å². The molecule has 1 N–H and O–H groups in total. The molecule has 1 amide bonds. The Balaban J connectivity index is 1.36. The standard InChI is InChI=1S/C30H30N4O3/c1-18-13-19(2)15-25(14-18)36-17-27-22(5)37-33-29(27)30(35)31-28-20(3)32-34(21(28)4)16-24-11-8-10-23-9-6-7-12-26(23)24/h6-15H,16-17H2,1-5H3,(H,31,35). The zero-order valence-electron chi connectivity index (χ0n) is 21.8. The first-order valence-electron chi connectivity index (χ1n) is 12.3. The van der Waals surface area contributed by atoms with Gasteiger partial charge < -0.3 is 14.6 Å². The van der Waals surface area contributed by atoms with E-state index in [9.17, 15) is 4.79 Å². The molecule has 0 saturated carbocycles. The zero-order valence-corrected chi connectivity index (χ0v) is 21.8. The van der Waals surface area contributed by atoms with E-state index in [2.05, 4.69) is 46.9 Å². The molecule has 5 aromatic rings. The van der Waals surface area contributed by atoms with E-state index in [1.807, 2.05) is 56.6 Å². The van der Waals surface area contributed by atoms with Crippen LogP contribution in [0.2, 0.25) is 0 Å². The number of hydrogen-bond donors (Lipinski definition) is 1. The van der Waals surface area contributed by atoms with E-state index in [4.69, 9.17) is 14.4 Å². The smallest absolute Gasteiger partial charge is 0.278 e. The molecule has 0 saturated heterocycles. The van der Waals surface area contributed by atoms with Gasteiger partial charge in [-0.3, -0.25) is 9.48 Å². The molecule has 37 heavy (non-hydrogen) atoms. The average Bonchev–Trinajstić information content (AvgIpc) is 3.36. The fraction of sp³-hybridized carbons (Fsp3) is 0.233. The van der Waals surface area contributed by atoms with E-state index in [0.29, 0.717) is 23.6 Å². The number of rotatable bonds is 7. The molecule has 2 heterocycles. The number of amides is 1. The van der Waals surface area contributed by atoms with Crippen molar-refractivity contribution in [2.24, 2.45) is 0 Å². The zero-order chi connectivity index (χ0) is 26.1. The maximum atomic E-state index is 13.3. The minimum atomic E-state index is -0.355. The summed E-state index contributed by atoms with van der Waals surface area (Å²) in [6, 6.07) is 20.6. The van der Waals surface area contributed by atoms with Gasteiger partial charge in [-0.25, -0.2) is 0 Å². The fourth-order valence-electron chi connectivity index (χ4n) is 4.71. The molecule has 7 heteroatoms. The number of aromatic nitrogens is 3. The lowest BCUT2D eigenvalue weighted by atomic mass is 10.0. The minimum Gasteiger partial charge on any atom is -0.489 e. The highest BCUT2D eigenvalue weighted by molar-refractivity contribution is 6.04. The monoisotopic (exact) mass is 494 g/mol. The van der Waals surface area contributed by atoms with Crippen molar-refractivity contribution in [2.45, 2.75) is 47.8 Å². The first-order valence-corrected chi connectivity index (χ1v) is 12.3. The van der Waals surface area contributed by atoms with Crippen LogP contribution in [0.25, 0.3) is 10.8 Å². The summed E-state index contributed by atoms with van der Waals surface area (Å²) in [7, 11) is 0. The number of anilines is 1. The van der Waals surface area contributed by atoms with Crippen molar-refractivity contribution >= 4 is 22.4 Å². The number of carbonyl (C=O) groups excluding carboxylic acids is 1. The van der Waals surface area contributed by atoms with Crippen LogP contribution in [0.1, 0.15) is 49.9 Å². The van der Waals surface area contributed by atoms with Crippen LogP contribution in [0.4, 0.5) is 5.69 Å². The molecule has 0 atom stereocenters. The maximum absolute atomic E-state index is 13.3. The van der Waals surface area contributed by atoms with Gasteiger partial charge in [0.15, 0.2) is 5.69 Å². The molecular weight excluding hydrogens is 464 g/mol. The second-order valence-electron chi connectivity index (χ2n) is 9.47. The summed E-state index contributed by atoms with van der Waals surface area (Å²) in [5.41, 5.74) is 6.50. The predicted molar refractivity (Wildman–Crippen MR) is 144 cm³/mol. The maximum Gasteiger partial charge on any atom is 0.278 e. The van der Waals surface area contributed by atoms with Crippen molar-refractivity contribution in [3.63, 3.8) is 0 Å². The summed E-state index contributed by atoms with van der Waals surface area (Å²) in [6.07, 6.45) is 0. The molecule has 3 aromatic carbocycles. The Morgan fingerprint density at radius 3 is 2.49 bits per heavy atom. The van der Waals surface area contributed by atoms with Crippen LogP contribution in [0.5, 0.6) is 5.75 Å². The molecule has 0 fully saturated rings. The van der Waals surface area contributed by atoms with Crippen molar-refractivity contribution in [2.75, 3.05) is 5.32 Å². The molecule has 188 valence electrons. The van der Waals surface area contributed by atoms with Crippen LogP contribution in [-0.4, -0.2) is 20.8 Å². The van der Waals surface area contributed by atoms with Gasteiger partial charge in [-0.15, -0.1) is 0 Å². The second kappa shape index (κ2) is 9.93. The summed E-state index contributed by atoms with van der Waals surface area (Å²) < 4.78 is 13.3. The molecule has 7 nitrogen and oxygen atoms in total. The fourth-order valence-corrected chi connectivity index (χ4v) is 4.71. The number of fused-ring (bicyclic) bond motifs is 1. The topological polar surface area (TPSA) is 82.2 Å². The second-order valence-corrected chi connectivity index (χ2v) is 9.47. The Labute approximate surface area is 216 Å². The normalized spacial score (nSPS) is 11.2. The van der Waals surface area contributed by atoms with Gasteiger partial charge in [0.1, 0.15) is 18.1 Å². The first kappa shape index (κ1) is 24.3. The van der Waals surface area contributed by atoms with Crippen LogP contribution in [0.15, 0.2) is 65.2 Å². The summed E-state index contributed by atoms with van der Waals surface area (Å²) in [4.78, 5) is 13.3. The van der Waals surface area contributed by atoms with Crippen LogP contribution in [-0.2, 0) is 13.2 Å². The number of hydrogen-bond acceptors (Lipinski definition) is 5. The highest BCUT2D eigenvalue weighted by atomic mass is 16.5. The highest BCUT2D eigenvalue weighted by Gasteiger charge is 2.23. The van der Waals surface area contributed by atoms with E-state index in [-0.39, 0.29) is 18.2 Å². The van der Waals surface area contributed by atoms with Gasteiger partial charge in [-0.05, 0) is 74.2 Å². The van der Waals surface area contributed by atoms with Crippen molar-refractivity contribution < 1.29 is 14.1 Å². The molecule has 2 aromatic heterocycles. The molecule has 5 rings (SSSR count). The molecule has 0 bridgehead atoms. The molecule has 0 aliphatic rings. The minimum absolute atomic E-state index is 0.180. The Kier molecular flexibility index (Phi) is 6.53. The SMILES string of the molecule is Cc1cc(C)cc(OCc2c(C(=O)Nc3c(C)nn(Cc4cccc5ccccc45)c3C)noc2C)c1. The Hall–Kier alpha value is -4.39. The summed E-state index contributed by atoms with van der Waals surface area (Å²) >= 11 is 0. The number of aryl methyl sites for hydroxylation is 4. The third-order valence-electron chi connectivity index (χ3n) is 6.60. The van der Waals surface area contributed by atoms with Gasteiger partial charge in [0.2, 0.25) is 0 Å². The van der Waals surface area contributed by atoms with Crippen molar-refractivity contribution in [3.8, 4) is 5.75 Å². The number of ether oxygens (including phenoxy) is 1. The molecule has 0 unspecified atom stereocenters. The molecular formula is C30H30N4O3. The van der Waals surface area contributed by atoms with Gasteiger partial charge in [0, 0.05) is 0 Å². The lowest BCUT2D eigenvalue weighted by molar-refractivity contribution is 0.101. The highest BCUT2D eigenvalue weighted by Crippen LogP contribution is 2.26. The molecule has 0 radical (unpaired) electrons. The van der Waals surface area contributed by atoms with Crippen LogP contribution in [0, 0.1) is 34.6 Å². The van der Waals surface area contributed by atoms with Crippen LogP contribution < -0.4 is 10.1 Å². The first-order chi connectivity index (χ1) is 17.8. The van der Waals surface area contributed by atoms with Gasteiger partial charge in [-0.1, -0.05) is 53.7 Å². The largest absolute Gasteiger partial charge is 0.489 e. The number of nitrogens with one attached hydrogen (secondary N) is 1. The number of benzene rings is 3. The van der Waals surface area contributed by atoms with Gasteiger partial charge in [0.05, 0.1) is 29.2 Å². The molecule has 0 spiro atoms. The quantitative estimate of drug-likeness (QED) is 0.281. The van der Waals surface area contributed by atoms with E-state index in [0.717, 1.165) is 28.3 Å². The van der Waals surface area contributed by atoms with Crippen molar-refractivity contribution in [1.82, 2.24) is 14.9 Å². The Morgan fingerprint density at radius 2 is 1.70 bits per heavy atom. The van der Waals surface area contributed by atoms with Crippen LogP contribution in [0.3, 0.4) is 0 Å². The summed E-state index contributed by atoms with van der Waals surface area (Å²) in [5, 5.41) is 14.1. The van der Waals surface area contributed by atoms with Crippen molar-refractivity contribution in [1.29, 1.82) is 0 Å². The predicted octanol–water partition coefficient (Wildman–Crippen LogP) is 6.45. The van der Waals surface area contributed by atoms with E-state index in [1.54, 1.807) is 6.92 Å². The Morgan fingerprint density at radius 1 is 0.973 bits per heavy atom. The average molecular weight is 495 g/mol. The van der Waals surface area contributed by atoms with E-state index in [1.165, 1.54) is 16.3 Å². The lowest BCUT2D eigenvalue weighted by Gasteiger charge is -2.10. The molecule has 0 aliphatic carbocycles.